The number of aryl methyl sites for hydroxylation is 2. The van der Waals surface area contributed by atoms with E-state index in [1.165, 1.54) is 0 Å². The first-order valence-corrected chi connectivity index (χ1v) is 12.5. The number of aliphatic hydroxyl groups is 2. The fraction of sp³-hybridized carbons (Fsp3) is 0.500. The molecule has 1 saturated carbocycles. The predicted molar refractivity (Wildman–Crippen MR) is 134 cm³/mol. The average Bonchev–Trinajstić information content (AvgIpc) is 3.59. The van der Waals surface area contributed by atoms with E-state index in [0.717, 1.165) is 45.0 Å². The SMILES string of the molecule is Cc1c(-c2ccn(C(C)C)n2)sc2nc(-c3nccn3C)nc(N[C@H]3C[C@@H](CO)[C@@H](CO)C3)c12. The lowest BCUT2D eigenvalue weighted by molar-refractivity contribution is 0.141. The molecule has 1 aliphatic rings. The number of nitrogens with one attached hydrogen (secondary N) is 1. The maximum Gasteiger partial charge on any atom is 0.199 e. The highest BCUT2D eigenvalue weighted by Gasteiger charge is 2.34. The molecule has 3 atom stereocenters. The summed E-state index contributed by atoms with van der Waals surface area (Å²) in [6.07, 6.45) is 7.22. The molecule has 0 radical (unpaired) electrons. The summed E-state index contributed by atoms with van der Waals surface area (Å²) in [6, 6.07) is 2.45. The number of fused-ring (bicyclic) bond motifs is 1. The first kappa shape index (κ1) is 22.9. The molecule has 5 rings (SSSR count). The van der Waals surface area contributed by atoms with Crippen molar-refractivity contribution in [3.63, 3.8) is 0 Å². The normalized spacial score (nSPS) is 20.6. The van der Waals surface area contributed by atoms with Gasteiger partial charge in [-0.3, -0.25) is 4.68 Å². The largest absolute Gasteiger partial charge is 0.396 e. The highest BCUT2D eigenvalue weighted by Crippen LogP contribution is 2.42. The van der Waals surface area contributed by atoms with Gasteiger partial charge in [-0.15, -0.1) is 11.3 Å². The van der Waals surface area contributed by atoms with Gasteiger partial charge < -0.3 is 20.1 Å². The molecule has 1 aliphatic carbocycles. The van der Waals surface area contributed by atoms with Gasteiger partial charge >= 0.3 is 0 Å². The van der Waals surface area contributed by atoms with Gasteiger partial charge in [0.05, 0.1) is 10.3 Å². The van der Waals surface area contributed by atoms with Gasteiger partial charge in [-0.2, -0.15) is 5.10 Å². The van der Waals surface area contributed by atoms with Crippen molar-refractivity contribution in [2.24, 2.45) is 18.9 Å². The van der Waals surface area contributed by atoms with E-state index >= 15 is 0 Å². The molecular formula is C24H31N7O2S. The van der Waals surface area contributed by atoms with Crippen molar-refractivity contribution in [3.05, 3.63) is 30.2 Å². The fourth-order valence-electron chi connectivity index (χ4n) is 4.89. The molecule has 180 valence electrons. The number of anilines is 1. The molecule has 3 N–H and O–H groups in total. The van der Waals surface area contributed by atoms with E-state index < -0.39 is 0 Å². The number of imidazole rings is 1. The Bertz CT molecular complexity index is 1300. The van der Waals surface area contributed by atoms with Crippen LogP contribution in [0.3, 0.4) is 0 Å². The molecule has 9 nitrogen and oxygen atoms in total. The second-order valence-electron chi connectivity index (χ2n) is 9.47. The molecule has 0 unspecified atom stereocenters. The van der Waals surface area contributed by atoms with Crippen molar-refractivity contribution < 1.29 is 10.2 Å². The lowest BCUT2D eigenvalue weighted by Gasteiger charge is -2.15. The molecule has 1 fully saturated rings. The van der Waals surface area contributed by atoms with Gasteiger partial charge in [0.25, 0.3) is 0 Å². The van der Waals surface area contributed by atoms with Crippen LogP contribution in [0.25, 0.3) is 32.4 Å². The topological polar surface area (TPSA) is 114 Å². The zero-order valence-corrected chi connectivity index (χ0v) is 20.7. The second kappa shape index (κ2) is 9.09. The summed E-state index contributed by atoms with van der Waals surface area (Å²) in [5, 5.41) is 28.9. The molecule has 10 heteroatoms. The number of hydrogen-bond acceptors (Lipinski definition) is 8. The van der Waals surface area contributed by atoms with Crippen LogP contribution >= 0.6 is 11.3 Å². The van der Waals surface area contributed by atoms with Crippen LogP contribution in [0.4, 0.5) is 5.82 Å². The van der Waals surface area contributed by atoms with E-state index in [9.17, 15) is 10.2 Å². The Morgan fingerprint density at radius 1 is 1.15 bits per heavy atom. The second-order valence-corrected chi connectivity index (χ2v) is 10.5. The third kappa shape index (κ3) is 3.99. The van der Waals surface area contributed by atoms with Crippen LogP contribution in [-0.2, 0) is 7.05 Å². The smallest absolute Gasteiger partial charge is 0.199 e. The predicted octanol–water partition coefficient (Wildman–Crippen LogP) is 3.64. The van der Waals surface area contributed by atoms with Gasteiger partial charge in [0, 0.05) is 50.9 Å². The number of rotatable bonds is 7. The first-order chi connectivity index (χ1) is 16.4. The molecule has 0 spiro atoms. The monoisotopic (exact) mass is 481 g/mol. The van der Waals surface area contributed by atoms with Gasteiger partial charge in [0.1, 0.15) is 16.3 Å². The quantitative estimate of drug-likeness (QED) is 0.369. The summed E-state index contributed by atoms with van der Waals surface area (Å²) in [5.41, 5.74) is 2.03. The third-order valence-corrected chi connectivity index (χ3v) is 8.04. The minimum absolute atomic E-state index is 0.0846. The molecule has 0 amide bonds. The summed E-state index contributed by atoms with van der Waals surface area (Å²) in [6.45, 7) is 6.49. The van der Waals surface area contributed by atoms with Gasteiger partial charge in [-0.1, -0.05) is 0 Å². The molecule has 0 bridgehead atoms. The maximum absolute atomic E-state index is 9.75. The van der Waals surface area contributed by atoms with Crippen LogP contribution < -0.4 is 5.32 Å². The Hall–Kier alpha value is -2.82. The van der Waals surface area contributed by atoms with E-state index in [-0.39, 0.29) is 37.1 Å². The summed E-state index contributed by atoms with van der Waals surface area (Å²) in [7, 11) is 1.93. The van der Waals surface area contributed by atoms with E-state index in [2.05, 4.69) is 31.1 Å². The van der Waals surface area contributed by atoms with Gasteiger partial charge in [0.15, 0.2) is 11.6 Å². The zero-order valence-electron chi connectivity index (χ0n) is 19.9. The average molecular weight is 482 g/mol. The van der Waals surface area contributed by atoms with E-state index in [1.807, 2.05) is 34.8 Å². The van der Waals surface area contributed by atoms with Crippen molar-refractivity contribution in [2.75, 3.05) is 18.5 Å². The molecule has 34 heavy (non-hydrogen) atoms. The van der Waals surface area contributed by atoms with Gasteiger partial charge in [0.2, 0.25) is 0 Å². The summed E-state index contributed by atoms with van der Waals surface area (Å²) in [5.74, 6) is 2.22. The minimum Gasteiger partial charge on any atom is -0.396 e. The van der Waals surface area contributed by atoms with Crippen molar-refractivity contribution in [1.29, 1.82) is 0 Å². The zero-order chi connectivity index (χ0) is 24.0. The number of thiophene rings is 1. The van der Waals surface area contributed by atoms with Crippen LogP contribution in [0.5, 0.6) is 0 Å². The van der Waals surface area contributed by atoms with Crippen LogP contribution in [0.2, 0.25) is 0 Å². The van der Waals surface area contributed by atoms with Crippen molar-refractivity contribution in [3.8, 4) is 22.2 Å². The van der Waals surface area contributed by atoms with E-state index in [1.54, 1.807) is 17.5 Å². The molecule has 4 aromatic rings. The highest BCUT2D eigenvalue weighted by molar-refractivity contribution is 7.22. The number of hydrogen-bond donors (Lipinski definition) is 3. The minimum atomic E-state index is 0.0846. The van der Waals surface area contributed by atoms with Crippen LogP contribution in [0, 0.1) is 18.8 Å². The van der Waals surface area contributed by atoms with Crippen molar-refractivity contribution >= 4 is 27.4 Å². The summed E-state index contributed by atoms with van der Waals surface area (Å²) in [4.78, 5) is 16.2. The van der Waals surface area contributed by atoms with Crippen molar-refractivity contribution in [2.45, 2.75) is 45.7 Å². The van der Waals surface area contributed by atoms with Crippen molar-refractivity contribution in [1.82, 2.24) is 29.3 Å². The standard InChI is InChI=1S/C24H31N7O2S/c1-13(2)31-7-5-18(29-31)20-14(3)19-21(26-17-9-15(11-32)16(10-17)12-33)27-22(28-24(19)34-20)23-25-6-8-30(23)4/h5-8,13,15-17,32-33H,9-12H2,1-4H3,(H,26,27,28)/t15-,16+,17-. The summed E-state index contributed by atoms with van der Waals surface area (Å²) >= 11 is 1.62. The molecule has 4 aromatic heterocycles. The number of nitrogens with zero attached hydrogens (tertiary/aromatic N) is 6. The maximum atomic E-state index is 9.75. The lowest BCUT2D eigenvalue weighted by Crippen LogP contribution is -2.18. The first-order valence-electron chi connectivity index (χ1n) is 11.7. The van der Waals surface area contributed by atoms with E-state index in [4.69, 9.17) is 15.1 Å². The van der Waals surface area contributed by atoms with Crippen LogP contribution in [0.1, 0.15) is 38.3 Å². The molecule has 0 saturated heterocycles. The Morgan fingerprint density at radius 2 is 1.88 bits per heavy atom. The molecule has 0 aliphatic heterocycles. The van der Waals surface area contributed by atoms with E-state index in [0.29, 0.717) is 11.6 Å². The molecular weight excluding hydrogens is 450 g/mol. The van der Waals surface area contributed by atoms with Gasteiger partial charge in [-0.25, -0.2) is 15.0 Å². The lowest BCUT2D eigenvalue weighted by atomic mass is 9.98. The van der Waals surface area contributed by atoms with Crippen LogP contribution in [-0.4, -0.2) is 58.8 Å². The Kier molecular flexibility index (Phi) is 6.13. The Morgan fingerprint density at radius 3 is 2.47 bits per heavy atom. The fourth-order valence-corrected chi connectivity index (χ4v) is 6.03. The molecule has 4 heterocycles. The summed E-state index contributed by atoms with van der Waals surface area (Å²) < 4.78 is 3.88. The Labute approximate surface area is 202 Å². The number of aliphatic hydroxyl groups excluding tert-OH is 2. The number of aromatic nitrogens is 6. The Balaban J connectivity index is 1.61. The third-order valence-electron chi connectivity index (χ3n) is 6.83. The molecule has 0 aromatic carbocycles. The van der Waals surface area contributed by atoms with Crippen LogP contribution in [0.15, 0.2) is 24.7 Å². The van der Waals surface area contributed by atoms with Gasteiger partial charge in [-0.05, 0) is 57.1 Å². The highest BCUT2D eigenvalue weighted by atomic mass is 32.1.